The number of pyridine rings is 1. The smallest absolute Gasteiger partial charge is 0.296 e. The highest BCUT2D eigenvalue weighted by Gasteiger charge is 2.31. The Labute approximate surface area is 217 Å². The Hall–Kier alpha value is -3.89. The second-order valence-electron chi connectivity index (χ2n) is 8.77. The summed E-state index contributed by atoms with van der Waals surface area (Å²) >= 11 is 6.65. The van der Waals surface area contributed by atoms with Gasteiger partial charge in [-0.25, -0.2) is 17.9 Å². The maximum Gasteiger partial charge on any atom is 0.296 e. The van der Waals surface area contributed by atoms with Crippen molar-refractivity contribution in [3.63, 3.8) is 0 Å². The lowest BCUT2D eigenvalue weighted by Crippen LogP contribution is -2.42. The fourth-order valence-corrected chi connectivity index (χ4v) is 6.17. The first-order chi connectivity index (χ1) is 17.7. The molecule has 14 heteroatoms. The van der Waals surface area contributed by atoms with Gasteiger partial charge >= 0.3 is 0 Å². The van der Waals surface area contributed by atoms with Gasteiger partial charge in [0, 0.05) is 31.0 Å². The van der Waals surface area contributed by atoms with Crippen LogP contribution in [0, 0.1) is 6.57 Å². The van der Waals surface area contributed by atoms with Crippen LogP contribution in [0.4, 0.5) is 17.5 Å². The number of nitrogens with one attached hydrogen (secondary N) is 1. The van der Waals surface area contributed by atoms with Gasteiger partial charge in [0.05, 0.1) is 28.1 Å². The van der Waals surface area contributed by atoms with Gasteiger partial charge in [0.15, 0.2) is 27.6 Å². The molecule has 1 amide bonds. The number of hydrogen-bond donors (Lipinski definition) is 2. The summed E-state index contributed by atoms with van der Waals surface area (Å²) in [7, 11) is -3.14. The molecule has 1 aliphatic rings. The minimum atomic E-state index is -3.14. The zero-order valence-corrected chi connectivity index (χ0v) is 21.5. The van der Waals surface area contributed by atoms with Crippen molar-refractivity contribution in [1.29, 1.82) is 0 Å². The molecule has 4 aromatic heterocycles. The van der Waals surface area contributed by atoms with Crippen molar-refractivity contribution in [3.8, 4) is 0 Å². The highest BCUT2D eigenvalue weighted by molar-refractivity contribution is 7.91. The number of aromatic nitrogens is 5. The van der Waals surface area contributed by atoms with Crippen molar-refractivity contribution in [3.05, 3.63) is 58.4 Å². The van der Waals surface area contributed by atoms with E-state index in [0.29, 0.717) is 34.0 Å². The zero-order valence-electron chi connectivity index (χ0n) is 19.9. The first kappa shape index (κ1) is 24.8. The Morgan fingerprint density at radius 3 is 2.78 bits per heavy atom. The van der Waals surface area contributed by atoms with Crippen LogP contribution in [0.5, 0.6) is 0 Å². The van der Waals surface area contributed by atoms with Crippen molar-refractivity contribution >= 4 is 56.0 Å². The van der Waals surface area contributed by atoms with E-state index in [1.165, 1.54) is 10.8 Å². The van der Waals surface area contributed by atoms with Gasteiger partial charge in [-0.1, -0.05) is 31.5 Å². The van der Waals surface area contributed by atoms with Crippen LogP contribution < -0.4 is 16.0 Å². The summed E-state index contributed by atoms with van der Waals surface area (Å²) in [5.41, 5.74) is 7.68. The van der Waals surface area contributed by atoms with Gasteiger partial charge in [0.25, 0.3) is 11.7 Å². The average molecular weight is 542 g/mol. The lowest BCUT2D eigenvalue weighted by molar-refractivity contribution is 0.0937. The molecule has 4 aromatic rings. The third kappa shape index (κ3) is 4.42. The number of sulfone groups is 1. The molecule has 0 bridgehead atoms. The van der Waals surface area contributed by atoms with E-state index in [-0.39, 0.29) is 41.8 Å². The maximum absolute atomic E-state index is 13.5. The van der Waals surface area contributed by atoms with Crippen molar-refractivity contribution < 1.29 is 13.2 Å². The number of hydrogen-bond acceptors (Lipinski definition) is 8. The van der Waals surface area contributed by atoms with Crippen LogP contribution in [0.25, 0.3) is 16.0 Å². The van der Waals surface area contributed by atoms with Crippen LogP contribution in [0.15, 0.2) is 30.9 Å². The number of carbonyl (C=O) groups excluding carboxylic acids is 1. The van der Waals surface area contributed by atoms with Crippen molar-refractivity contribution in [2.45, 2.75) is 25.8 Å². The Kier molecular flexibility index (Phi) is 6.38. The average Bonchev–Trinajstić information content (AvgIpc) is 3.44. The van der Waals surface area contributed by atoms with Gasteiger partial charge in [-0.05, 0) is 18.6 Å². The lowest BCUT2D eigenvalue weighted by Gasteiger charge is -2.33. The van der Waals surface area contributed by atoms with Crippen LogP contribution in [-0.4, -0.2) is 62.9 Å². The number of imidazole rings is 1. The molecule has 192 valence electrons. The van der Waals surface area contributed by atoms with Crippen molar-refractivity contribution in [2.75, 3.05) is 35.2 Å². The number of rotatable bonds is 6. The van der Waals surface area contributed by atoms with E-state index in [1.807, 2.05) is 11.8 Å². The third-order valence-electron chi connectivity index (χ3n) is 6.40. The molecule has 12 nitrogen and oxygen atoms in total. The molecule has 0 aliphatic carbocycles. The van der Waals surface area contributed by atoms with Crippen LogP contribution in [0.1, 0.15) is 41.7 Å². The summed E-state index contributed by atoms with van der Waals surface area (Å²) in [6.07, 6.45) is 6.01. The molecule has 0 saturated carbocycles. The maximum atomic E-state index is 13.5. The predicted molar refractivity (Wildman–Crippen MR) is 140 cm³/mol. The van der Waals surface area contributed by atoms with Crippen molar-refractivity contribution in [2.24, 2.45) is 0 Å². The van der Waals surface area contributed by atoms with E-state index in [4.69, 9.17) is 23.9 Å². The Bertz CT molecular complexity index is 1660. The number of amides is 1. The predicted octanol–water partition coefficient (Wildman–Crippen LogP) is 2.67. The Morgan fingerprint density at radius 2 is 2.08 bits per heavy atom. The molecule has 1 aliphatic heterocycles. The topological polar surface area (TPSA) is 144 Å². The largest absolute Gasteiger partial charge is 0.381 e. The fourth-order valence-electron chi connectivity index (χ4n) is 4.67. The second-order valence-corrected chi connectivity index (χ2v) is 11.5. The third-order valence-corrected chi connectivity index (χ3v) is 8.30. The second kappa shape index (κ2) is 9.53. The summed E-state index contributed by atoms with van der Waals surface area (Å²) in [4.78, 5) is 27.4. The van der Waals surface area contributed by atoms with Gasteiger partial charge in [-0.15, -0.1) is 10.1 Å². The SMILES string of the molecule is [C-]#[N+]c1ncn2c(N3CCS(=O)(=O)CC3)c(C(CCC)NC(=O)c3c(N)nn4cccnc34)cc(Cl)c12. The standard InChI is InChI=1S/C23H24ClN9O3S/c1-3-5-16(29-22(34)17-19(25)30-33-7-4-6-27-21(17)33)14-12-15(24)18-20(26-2)28-13-32(18)23(14)31-8-10-37(35,36)11-9-31/h4,6-7,12-13,16H,3,5,8-11H2,1H3,(H2,25,30)(H,29,34). The van der Waals surface area contributed by atoms with Crippen LogP contribution in [-0.2, 0) is 9.84 Å². The highest BCUT2D eigenvalue weighted by atomic mass is 35.5. The molecule has 1 unspecified atom stereocenters. The minimum Gasteiger partial charge on any atom is -0.381 e. The monoisotopic (exact) mass is 541 g/mol. The van der Waals surface area contributed by atoms with Crippen molar-refractivity contribution in [1.82, 2.24) is 29.3 Å². The summed E-state index contributed by atoms with van der Waals surface area (Å²) in [6, 6.07) is 2.90. The van der Waals surface area contributed by atoms with E-state index in [2.05, 4.69) is 25.2 Å². The summed E-state index contributed by atoms with van der Waals surface area (Å²) in [5, 5.41) is 7.55. The number of anilines is 2. The fraction of sp³-hybridized carbons (Fsp3) is 0.348. The van der Waals surface area contributed by atoms with Gasteiger partial charge < -0.3 is 20.8 Å². The van der Waals surface area contributed by atoms with Crippen LogP contribution in [0.2, 0.25) is 5.02 Å². The van der Waals surface area contributed by atoms with Gasteiger partial charge in [-0.2, -0.15) is 0 Å². The normalized spacial score (nSPS) is 16.1. The van der Waals surface area contributed by atoms with Gasteiger partial charge in [0.2, 0.25) is 0 Å². The number of nitrogen functional groups attached to an aromatic ring is 1. The Balaban J connectivity index is 1.62. The molecule has 37 heavy (non-hydrogen) atoms. The molecular weight excluding hydrogens is 518 g/mol. The number of carbonyl (C=O) groups is 1. The number of fused-ring (bicyclic) bond motifs is 2. The van der Waals surface area contributed by atoms with E-state index >= 15 is 0 Å². The van der Waals surface area contributed by atoms with E-state index in [0.717, 1.165) is 6.42 Å². The molecular formula is C23H24ClN9O3S. The first-order valence-electron chi connectivity index (χ1n) is 11.7. The number of nitrogens with two attached hydrogens (primary N) is 1. The van der Waals surface area contributed by atoms with Gasteiger partial charge in [0.1, 0.15) is 11.4 Å². The molecule has 5 heterocycles. The molecule has 1 fully saturated rings. The zero-order chi connectivity index (χ0) is 26.3. The molecule has 1 atom stereocenters. The summed E-state index contributed by atoms with van der Waals surface area (Å²) in [5.74, 6) is 0.385. The molecule has 5 rings (SSSR count). The quantitative estimate of drug-likeness (QED) is 0.354. The minimum absolute atomic E-state index is 0.00363. The van der Waals surface area contributed by atoms with E-state index in [1.54, 1.807) is 28.9 Å². The molecule has 0 spiro atoms. The molecule has 0 aromatic carbocycles. The Morgan fingerprint density at radius 1 is 1.32 bits per heavy atom. The first-order valence-corrected chi connectivity index (χ1v) is 13.9. The summed E-state index contributed by atoms with van der Waals surface area (Å²) in [6.45, 7) is 9.99. The van der Waals surface area contributed by atoms with E-state index < -0.39 is 21.8 Å². The highest BCUT2D eigenvalue weighted by Crippen LogP contribution is 2.38. The van der Waals surface area contributed by atoms with Crippen LogP contribution in [0.3, 0.4) is 0 Å². The van der Waals surface area contributed by atoms with E-state index in [9.17, 15) is 13.2 Å². The lowest BCUT2D eigenvalue weighted by atomic mass is 10.0. The van der Waals surface area contributed by atoms with Gasteiger partial charge in [-0.3, -0.25) is 9.20 Å². The molecule has 3 N–H and O–H groups in total. The molecule has 0 radical (unpaired) electrons. The number of nitrogens with zero attached hydrogens (tertiary/aromatic N) is 7. The molecule has 1 saturated heterocycles. The van der Waals surface area contributed by atoms with Crippen LogP contribution >= 0.6 is 11.6 Å². The number of halogens is 1. The summed E-state index contributed by atoms with van der Waals surface area (Å²) < 4.78 is 27.4.